The number of carbonyl (C=O) groups excluding carboxylic acids is 4. The molecule has 1 aromatic carbocycles. The fourth-order valence-electron chi connectivity index (χ4n) is 3.76. The van der Waals surface area contributed by atoms with Crippen LogP contribution in [0.3, 0.4) is 0 Å². The number of aliphatic carboxylic acids is 1. The van der Waals surface area contributed by atoms with Crippen LogP contribution in [0.1, 0.15) is 51.0 Å². The Morgan fingerprint density at radius 1 is 1.18 bits per heavy atom. The van der Waals surface area contributed by atoms with Crippen LogP contribution in [-0.4, -0.2) is 47.3 Å². The molecule has 0 unspecified atom stereocenters. The van der Waals surface area contributed by atoms with E-state index in [0.717, 1.165) is 10.5 Å². The fourth-order valence-corrected chi connectivity index (χ4v) is 3.76. The molecule has 4 amide bonds. The van der Waals surface area contributed by atoms with Crippen LogP contribution in [0.25, 0.3) is 0 Å². The average Bonchev–Trinajstić information content (AvgIpc) is 3.05. The van der Waals surface area contributed by atoms with Crippen molar-refractivity contribution in [2.75, 3.05) is 11.4 Å². The summed E-state index contributed by atoms with van der Waals surface area (Å²) < 4.78 is 0. The van der Waals surface area contributed by atoms with Gasteiger partial charge in [0.05, 0.1) is 11.7 Å². The van der Waals surface area contributed by atoms with E-state index in [1.54, 1.807) is 12.1 Å². The Morgan fingerprint density at radius 3 is 2.46 bits per heavy atom. The van der Waals surface area contributed by atoms with Gasteiger partial charge in [-0.05, 0) is 42.9 Å². The highest BCUT2D eigenvalue weighted by Gasteiger charge is 2.49. The Morgan fingerprint density at radius 2 is 1.86 bits per heavy atom. The quantitative estimate of drug-likeness (QED) is 0.776. The van der Waals surface area contributed by atoms with Crippen LogP contribution in [0.15, 0.2) is 24.3 Å². The van der Waals surface area contributed by atoms with Gasteiger partial charge in [0.25, 0.3) is 5.91 Å². The topological polar surface area (TPSA) is 110 Å². The molecule has 1 aromatic rings. The third-order valence-corrected chi connectivity index (χ3v) is 5.29. The minimum absolute atomic E-state index is 0.0293. The zero-order chi connectivity index (χ0) is 20.4. The zero-order valence-corrected chi connectivity index (χ0v) is 16.0. The number of carboxylic acid groups (broad SMARTS) is 1. The van der Waals surface area contributed by atoms with E-state index >= 15 is 0 Å². The standard InChI is InChI=1S/C20H25N3O5/c1-12(2)13-6-8-14(9-7-13)23-19(27)18-15(21-20(23)28)10-11-22(18)16(24)4-3-5-17(25)26/h6-9,12,15,18H,3-5,10-11H2,1-2H3,(H,21,28)(H,25,26)/p-1/t15-,18+/m1/s1. The number of imide groups is 1. The van der Waals surface area contributed by atoms with Gasteiger partial charge in [0.2, 0.25) is 5.91 Å². The molecule has 2 heterocycles. The van der Waals surface area contributed by atoms with Crippen LogP contribution in [0.5, 0.6) is 0 Å². The maximum absolute atomic E-state index is 13.1. The van der Waals surface area contributed by atoms with Gasteiger partial charge < -0.3 is 20.1 Å². The number of rotatable bonds is 6. The Balaban J connectivity index is 1.77. The van der Waals surface area contributed by atoms with Gasteiger partial charge in [0.15, 0.2) is 0 Å². The smallest absolute Gasteiger partial charge is 0.329 e. The van der Waals surface area contributed by atoms with Crippen molar-refractivity contribution in [3.05, 3.63) is 29.8 Å². The molecule has 0 bridgehead atoms. The number of likely N-dealkylation sites (tertiary alicyclic amines) is 1. The molecule has 0 saturated carbocycles. The summed E-state index contributed by atoms with van der Waals surface area (Å²) in [6.07, 6.45) is 0.485. The first-order chi connectivity index (χ1) is 13.3. The first-order valence-electron chi connectivity index (χ1n) is 9.53. The van der Waals surface area contributed by atoms with Crippen LogP contribution in [0, 0.1) is 0 Å². The predicted octanol–water partition coefficient (Wildman–Crippen LogP) is 0.756. The molecular formula is C20H24N3O5-. The van der Waals surface area contributed by atoms with Crippen molar-refractivity contribution >= 4 is 29.5 Å². The van der Waals surface area contributed by atoms with Crippen molar-refractivity contribution in [3.63, 3.8) is 0 Å². The fraction of sp³-hybridized carbons (Fsp3) is 0.500. The molecule has 150 valence electrons. The summed E-state index contributed by atoms with van der Waals surface area (Å²) in [5, 5.41) is 13.4. The highest BCUT2D eigenvalue weighted by atomic mass is 16.4. The molecule has 2 aliphatic rings. The lowest BCUT2D eigenvalue weighted by atomic mass is 10.0. The van der Waals surface area contributed by atoms with Gasteiger partial charge in [-0.15, -0.1) is 0 Å². The zero-order valence-electron chi connectivity index (χ0n) is 16.0. The second-order valence-corrected chi connectivity index (χ2v) is 7.52. The molecule has 0 aromatic heterocycles. The maximum Gasteiger partial charge on any atom is 0.329 e. The Labute approximate surface area is 163 Å². The highest BCUT2D eigenvalue weighted by Crippen LogP contribution is 2.29. The Bertz CT molecular complexity index is 790. The molecule has 8 nitrogen and oxygen atoms in total. The minimum atomic E-state index is -1.20. The van der Waals surface area contributed by atoms with Crippen LogP contribution in [0.2, 0.25) is 0 Å². The Kier molecular flexibility index (Phi) is 5.67. The number of anilines is 1. The second-order valence-electron chi connectivity index (χ2n) is 7.52. The van der Waals surface area contributed by atoms with Gasteiger partial charge >= 0.3 is 6.03 Å². The first kappa shape index (κ1) is 19.9. The number of nitrogens with zero attached hydrogens (tertiary/aromatic N) is 2. The van der Waals surface area contributed by atoms with E-state index in [4.69, 9.17) is 0 Å². The van der Waals surface area contributed by atoms with Crippen molar-refractivity contribution in [2.45, 2.75) is 57.5 Å². The monoisotopic (exact) mass is 386 g/mol. The van der Waals surface area contributed by atoms with Gasteiger partial charge in [0.1, 0.15) is 6.04 Å². The summed E-state index contributed by atoms with van der Waals surface area (Å²) in [6.45, 7) is 4.47. The van der Waals surface area contributed by atoms with E-state index in [2.05, 4.69) is 19.2 Å². The van der Waals surface area contributed by atoms with Gasteiger partial charge in [-0.2, -0.15) is 0 Å². The van der Waals surface area contributed by atoms with Crippen molar-refractivity contribution in [3.8, 4) is 0 Å². The number of urea groups is 1. The first-order valence-corrected chi connectivity index (χ1v) is 9.53. The lowest BCUT2D eigenvalue weighted by molar-refractivity contribution is -0.305. The molecule has 1 N–H and O–H groups in total. The van der Waals surface area contributed by atoms with Gasteiger partial charge in [-0.1, -0.05) is 26.0 Å². The van der Waals surface area contributed by atoms with E-state index in [0.29, 0.717) is 24.6 Å². The van der Waals surface area contributed by atoms with Gasteiger partial charge in [-0.25, -0.2) is 9.69 Å². The SMILES string of the molecule is CC(C)c1ccc(N2C(=O)N[C@@H]3CCN(C(=O)CCCC(=O)[O-])[C@@H]3C2=O)cc1. The van der Waals surface area contributed by atoms with Gasteiger partial charge in [-0.3, -0.25) is 9.59 Å². The molecule has 3 rings (SSSR count). The number of carboxylic acids is 1. The Hall–Kier alpha value is -2.90. The van der Waals surface area contributed by atoms with Crippen LogP contribution in [-0.2, 0) is 14.4 Å². The molecule has 0 spiro atoms. The normalized spacial score (nSPS) is 21.7. The number of benzene rings is 1. The molecule has 2 fully saturated rings. The summed E-state index contributed by atoms with van der Waals surface area (Å²) in [6, 6.07) is 5.54. The summed E-state index contributed by atoms with van der Waals surface area (Å²) in [5.74, 6) is -1.59. The molecule has 28 heavy (non-hydrogen) atoms. The molecular weight excluding hydrogens is 362 g/mol. The van der Waals surface area contributed by atoms with Crippen molar-refractivity contribution < 1.29 is 24.3 Å². The third-order valence-electron chi connectivity index (χ3n) is 5.29. The molecule has 2 aliphatic heterocycles. The maximum atomic E-state index is 13.1. The lowest BCUT2D eigenvalue weighted by Gasteiger charge is -2.37. The van der Waals surface area contributed by atoms with Crippen LogP contribution in [0.4, 0.5) is 10.5 Å². The number of nitrogens with one attached hydrogen (secondary N) is 1. The van der Waals surface area contributed by atoms with E-state index in [-0.39, 0.29) is 25.2 Å². The van der Waals surface area contributed by atoms with Crippen LogP contribution < -0.4 is 15.3 Å². The number of fused-ring (bicyclic) bond motifs is 1. The lowest BCUT2D eigenvalue weighted by Crippen LogP contribution is -2.65. The summed E-state index contributed by atoms with van der Waals surface area (Å²) >= 11 is 0. The highest BCUT2D eigenvalue weighted by molar-refractivity contribution is 6.19. The van der Waals surface area contributed by atoms with Crippen molar-refractivity contribution in [2.24, 2.45) is 0 Å². The molecule has 0 radical (unpaired) electrons. The summed E-state index contributed by atoms with van der Waals surface area (Å²) in [5.41, 5.74) is 1.55. The van der Waals surface area contributed by atoms with E-state index in [9.17, 15) is 24.3 Å². The van der Waals surface area contributed by atoms with E-state index in [1.165, 1.54) is 4.90 Å². The summed E-state index contributed by atoms with van der Waals surface area (Å²) in [4.78, 5) is 51.2. The number of carbonyl (C=O) groups is 4. The van der Waals surface area contributed by atoms with E-state index < -0.39 is 30.0 Å². The van der Waals surface area contributed by atoms with Crippen LogP contribution >= 0.6 is 0 Å². The van der Waals surface area contributed by atoms with Crippen molar-refractivity contribution in [1.29, 1.82) is 0 Å². The second kappa shape index (κ2) is 8.00. The molecule has 2 saturated heterocycles. The third kappa shape index (κ3) is 3.85. The predicted molar refractivity (Wildman–Crippen MR) is 99.3 cm³/mol. The van der Waals surface area contributed by atoms with Gasteiger partial charge in [0, 0.05) is 18.9 Å². The number of amides is 4. The minimum Gasteiger partial charge on any atom is -0.550 e. The molecule has 8 heteroatoms. The largest absolute Gasteiger partial charge is 0.550 e. The number of hydrogen-bond acceptors (Lipinski definition) is 5. The number of hydrogen-bond donors (Lipinski definition) is 1. The van der Waals surface area contributed by atoms with E-state index in [1.807, 2.05) is 12.1 Å². The summed E-state index contributed by atoms with van der Waals surface area (Å²) in [7, 11) is 0. The van der Waals surface area contributed by atoms with Crippen molar-refractivity contribution in [1.82, 2.24) is 10.2 Å². The average molecular weight is 386 g/mol. The molecule has 2 atom stereocenters. The molecule has 0 aliphatic carbocycles.